The van der Waals surface area contributed by atoms with Gasteiger partial charge in [-0.3, -0.25) is 0 Å². The summed E-state index contributed by atoms with van der Waals surface area (Å²) in [6.07, 6.45) is 0. The Morgan fingerprint density at radius 2 is 2.38 bits per heavy atom. The zero-order chi connectivity index (χ0) is 9.84. The number of aromatic nitrogens is 1. The number of nitriles is 1. The molecule has 0 aliphatic carbocycles. The number of alkyl halides is 1. The topological polar surface area (TPSA) is 45.9 Å². The van der Waals surface area contributed by atoms with Gasteiger partial charge in [-0.1, -0.05) is 15.9 Å². The summed E-state index contributed by atoms with van der Waals surface area (Å²) in [7, 11) is 1.53. The molecule has 0 atom stereocenters. The average molecular weight is 306 g/mol. The first-order chi connectivity index (χ1) is 6.22. The Morgan fingerprint density at radius 3 is 2.85 bits per heavy atom. The van der Waals surface area contributed by atoms with Gasteiger partial charge >= 0.3 is 0 Å². The number of ether oxygens (including phenoxy) is 1. The highest BCUT2D eigenvalue weighted by Gasteiger charge is 2.08. The van der Waals surface area contributed by atoms with Crippen molar-refractivity contribution < 1.29 is 4.74 Å². The molecule has 1 aromatic rings. The summed E-state index contributed by atoms with van der Waals surface area (Å²) < 4.78 is 5.71. The lowest BCUT2D eigenvalue weighted by Gasteiger charge is -2.05. The molecule has 1 rings (SSSR count). The van der Waals surface area contributed by atoms with Gasteiger partial charge in [-0.25, -0.2) is 4.98 Å². The molecule has 0 aromatic carbocycles. The van der Waals surface area contributed by atoms with Crippen LogP contribution in [0.25, 0.3) is 0 Å². The fraction of sp³-hybridized carbons (Fsp3) is 0.250. The van der Waals surface area contributed by atoms with Gasteiger partial charge in [0.15, 0.2) is 5.69 Å². The van der Waals surface area contributed by atoms with Crippen LogP contribution < -0.4 is 4.74 Å². The molecule has 3 nitrogen and oxygen atoms in total. The summed E-state index contributed by atoms with van der Waals surface area (Å²) in [5, 5.41) is 9.34. The zero-order valence-corrected chi connectivity index (χ0v) is 10.0. The molecule has 0 N–H and O–H groups in total. The van der Waals surface area contributed by atoms with Gasteiger partial charge in [0.2, 0.25) is 5.88 Å². The minimum Gasteiger partial charge on any atom is -0.481 e. The lowest BCUT2D eigenvalue weighted by Crippen LogP contribution is -1.96. The molecule has 0 unspecified atom stereocenters. The van der Waals surface area contributed by atoms with Crippen LogP contribution in [0.1, 0.15) is 11.3 Å². The fourth-order valence-corrected chi connectivity index (χ4v) is 1.72. The second-order valence-electron chi connectivity index (χ2n) is 2.23. The van der Waals surface area contributed by atoms with Gasteiger partial charge in [0.25, 0.3) is 0 Å². The lowest BCUT2D eigenvalue weighted by molar-refractivity contribution is 0.393. The second-order valence-corrected chi connectivity index (χ2v) is 3.65. The van der Waals surface area contributed by atoms with Crippen molar-refractivity contribution in [2.75, 3.05) is 7.11 Å². The maximum Gasteiger partial charge on any atom is 0.218 e. The molecule has 0 bridgehead atoms. The third-order valence-corrected chi connectivity index (χ3v) is 2.67. The Kier molecular flexibility index (Phi) is 3.70. The van der Waals surface area contributed by atoms with Gasteiger partial charge in [-0.15, -0.1) is 0 Å². The zero-order valence-electron chi connectivity index (χ0n) is 6.84. The van der Waals surface area contributed by atoms with E-state index in [1.807, 2.05) is 12.1 Å². The molecule has 1 heterocycles. The van der Waals surface area contributed by atoms with Gasteiger partial charge in [0.05, 0.1) is 11.6 Å². The van der Waals surface area contributed by atoms with E-state index in [2.05, 4.69) is 36.8 Å². The minimum atomic E-state index is 0.335. The summed E-state index contributed by atoms with van der Waals surface area (Å²) in [5.74, 6) is 0.483. The number of nitrogens with zero attached hydrogens (tertiary/aromatic N) is 2. The monoisotopic (exact) mass is 304 g/mol. The highest BCUT2D eigenvalue weighted by Crippen LogP contribution is 2.24. The van der Waals surface area contributed by atoms with Crippen LogP contribution in [0.3, 0.4) is 0 Å². The molecule has 0 saturated heterocycles. The Bertz CT molecular complexity index is 360. The third kappa shape index (κ3) is 2.20. The molecule has 0 saturated carbocycles. The van der Waals surface area contributed by atoms with Crippen LogP contribution in [-0.4, -0.2) is 12.1 Å². The molecular weight excluding hydrogens is 300 g/mol. The van der Waals surface area contributed by atoms with Gasteiger partial charge in [-0.05, 0) is 22.0 Å². The van der Waals surface area contributed by atoms with Crippen LogP contribution in [0.4, 0.5) is 0 Å². The Morgan fingerprint density at radius 1 is 1.69 bits per heavy atom. The predicted molar refractivity (Wildman–Crippen MR) is 55.8 cm³/mol. The van der Waals surface area contributed by atoms with E-state index in [-0.39, 0.29) is 0 Å². The van der Waals surface area contributed by atoms with Crippen LogP contribution in [0, 0.1) is 11.3 Å². The van der Waals surface area contributed by atoms with Gasteiger partial charge in [0.1, 0.15) is 6.07 Å². The van der Waals surface area contributed by atoms with Gasteiger partial charge < -0.3 is 4.74 Å². The quantitative estimate of drug-likeness (QED) is 0.789. The van der Waals surface area contributed by atoms with E-state index in [0.29, 0.717) is 21.4 Å². The first-order valence-electron chi connectivity index (χ1n) is 3.42. The van der Waals surface area contributed by atoms with Crippen LogP contribution in [-0.2, 0) is 5.33 Å². The van der Waals surface area contributed by atoms with Crippen molar-refractivity contribution in [3.05, 3.63) is 21.8 Å². The van der Waals surface area contributed by atoms with Crippen LogP contribution in [0.15, 0.2) is 10.5 Å². The number of rotatable bonds is 2. The van der Waals surface area contributed by atoms with Crippen molar-refractivity contribution in [1.82, 2.24) is 4.98 Å². The molecule has 0 amide bonds. The number of methoxy groups -OCH3 is 1. The first-order valence-corrected chi connectivity index (χ1v) is 5.33. The Hall–Kier alpha value is -0.600. The minimum absolute atomic E-state index is 0.335. The van der Waals surface area contributed by atoms with Crippen molar-refractivity contribution in [3.63, 3.8) is 0 Å². The molecule has 68 valence electrons. The normalized spacial score (nSPS) is 9.38. The van der Waals surface area contributed by atoms with E-state index < -0.39 is 0 Å². The van der Waals surface area contributed by atoms with Gasteiger partial charge in [-0.2, -0.15) is 5.26 Å². The summed E-state index contributed by atoms with van der Waals surface area (Å²) in [4.78, 5) is 4.02. The maximum absolute atomic E-state index is 8.69. The number of hydrogen-bond donors (Lipinski definition) is 0. The molecule has 13 heavy (non-hydrogen) atoms. The molecule has 0 aliphatic rings. The Balaban J connectivity index is 3.28. The van der Waals surface area contributed by atoms with E-state index >= 15 is 0 Å². The van der Waals surface area contributed by atoms with E-state index in [1.165, 1.54) is 7.11 Å². The second kappa shape index (κ2) is 4.58. The smallest absolute Gasteiger partial charge is 0.218 e. The van der Waals surface area contributed by atoms with Crippen LogP contribution in [0.5, 0.6) is 5.88 Å². The van der Waals surface area contributed by atoms with E-state index in [9.17, 15) is 0 Å². The van der Waals surface area contributed by atoms with Crippen molar-refractivity contribution in [3.8, 4) is 11.9 Å². The first kappa shape index (κ1) is 10.5. The molecule has 0 aliphatic heterocycles. The molecule has 0 spiro atoms. The Labute approximate surface area is 93.0 Å². The molecule has 5 heteroatoms. The van der Waals surface area contributed by atoms with Crippen molar-refractivity contribution in [2.45, 2.75) is 5.33 Å². The summed E-state index contributed by atoms with van der Waals surface area (Å²) in [5.41, 5.74) is 1.25. The van der Waals surface area contributed by atoms with Gasteiger partial charge in [0, 0.05) is 10.9 Å². The molecule has 0 radical (unpaired) electrons. The summed E-state index contributed by atoms with van der Waals surface area (Å²) >= 11 is 6.56. The van der Waals surface area contributed by atoms with E-state index in [4.69, 9.17) is 10.00 Å². The highest BCUT2D eigenvalue weighted by atomic mass is 79.9. The van der Waals surface area contributed by atoms with E-state index in [0.717, 1.165) is 5.56 Å². The largest absolute Gasteiger partial charge is 0.481 e. The SMILES string of the molecule is COc1nc(C#N)c(Br)cc1CBr. The standard InChI is InChI=1S/C8H6Br2N2O/c1-13-8-5(3-9)2-6(10)7(4-11)12-8/h2H,3H2,1H3. The molecule has 0 fully saturated rings. The molecule has 1 aromatic heterocycles. The van der Waals surface area contributed by atoms with E-state index in [1.54, 1.807) is 0 Å². The molecular formula is C8H6Br2N2O. The number of halogens is 2. The number of hydrogen-bond acceptors (Lipinski definition) is 3. The lowest BCUT2D eigenvalue weighted by atomic mass is 10.3. The number of pyridine rings is 1. The summed E-state index contributed by atoms with van der Waals surface area (Å²) in [6.45, 7) is 0. The fourth-order valence-electron chi connectivity index (χ4n) is 0.861. The predicted octanol–water partition coefficient (Wildman–Crippen LogP) is 2.62. The highest BCUT2D eigenvalue weighted by molar-refractivity contribution is 9.10. The maximum atomic E-state index is 8.69. The van der Waals surface area contributed by atoms with Crippen LogP contribution in [0.2, 0.25) is 0 Å². The van der Waals surface area contributed by atoms with Crippen LogP contribution >= 0.6 is 31.9 Å². The van der Waals surface area contributed by atoms with Crippen molar-refractivity contribution >= 4 is 31.9 Å². The summed E-state index contributed by atoms with van der Waals surface area (Å²) in [6, 6.07) is 3.79. The van der Waals surface area contributed by atoms with Crippen molar-refractivity contribution in [1.29, 1.82) is 5.26 Å². The van der Waals surface area contributed by atoms with Crippen molar-refractivity contribution in [2.24, 2.45) is 0 Å². The third-order valence-electron chi connectivity index (χ3n) is 1.46. The average Bonchev–Trinajstić information content (AvgIpc) is 2.17.